The molecule has 3 aromatic carbocycles. The van der Waals surface area contributed by atoms with Crippen molar-refractivity contribution in [1.82, 2.24) is 14.9 Å². The number of rotatable bonds is 6. The van der Waals surface area contributed by atoms with Gasteiger partial charge in [0.2, 0.25) is 9.93 Å². The van der Waals surface area contributed by atoms with Crippen LogP contribution in [0.5, 0.6) is 0 Å². The molecule has 0 spiro atoms. The van der Waals surface area contributed by atoms with Crippen LogP contribution in [0.1, 0.15) is 11.1 Å². The smallest absolute Gasteiger partial charge is 0.217 e. The minimum atomic E-state index is 0.479. The molecular formula is C22H18N4S2. The maximum atomic E-state index is 5.32. The molecule has 1 aromatic heterocycles. The molecule has 0 bridgehead atoms. The van der Waals surface area contributed by atoms with E-state index in [4.69, 9.17) is 12.2 Å². The summed E-state index contributed by atoms with van der Waals surface area (Å²) in [5.74, 6) is 0.807. The molecule has 6 heteroatoms. The largest absolute Gasteiger partial charge is 0.249 e. The van der Waals surface area contributed by atoms with Crippen molar-refractivity contribution in [2.45, 2.75) is 10.9 Å². The van der Waals surface area contributed by atoms with Gasteiger partial charge in [0.1, 0.15) is 0 Å². The van der Waals surface area contributed by atoms with Crippen LogP contribution in [0.4, 0.5) is 0 Å². The molecular weight excluding hydrogens is 384 g/mol. The van der Waals surface area contributed by atoms with Crippen LogP contribution in [0.2, 0.25) is 0 Å². The second-order valence-corrected chi connectivity index (χ2v) is 7.46. The molecule has 0 amide bonds. The number of H-pyrrole nitrogens is 1. The third-order valence-corrected chi connectivity index (χ3v) is 5.44. The van der Waals surface area contributed by atoms with E-state index >= 15 is 0 Å². The predicted octanol–water partition coefficient (Wildman–Crippen LogP) is 5.78. The average molecular weight is 403 g/mol. The van der Waals surface area contributed by atoms with Crippen LogP contribution in [0.3, 0.4) is 0 Å². The van der Waals surface area contributed by atoms with Crippen LogP contribution >= 0.6 is 24.0 Å². The highest BCUT2D eigenvalue weighted by molar-refractivity contribution is 7.98. The Morgan fingerprint density at radius 1 is 0.893 bits per heavy atom. The van der Waals surface area contributed by atoms with Crippen molar-refractivity contribution in [3.8, 4) is 11.1 Å². The number of thioether (sulfide) groups is 1. The van der Waals surface area contributed by atoms with E-state index in [1.54, 1.807) is 22.7 Å². The van der Waals surface area contributed by atoms with Gasteiger partial charge in [-0.1, -0.05) is 96.7 Å². The highest BCUT2D eigenvalue weighted by Crippen LogP contribution is 2.21. The van der Waals surface area contributed by atoms with Crippen LogP contribution in [-0.4, -0.2) is 21.1 Å². The Hall–Kier alpha value is -2.96. The summed E-state index contributed by atoms with van der Waals surface area (Å²) in [6, 6.07) is 28.9. The molecule has 0 radical (unpaired) electrons. The monoisotopic (exact) mass is 402 g/mol. The van der Waals surface area contributed by atoms with E-state index in [1.165, 1.54) is 16.7 Å². The fourth-order valence-corrected chi connectivity index (χ4v) is 3.81. The predicted molar refractivity (Wildman–Crippen MR) is 118 cm³/mol. The molecule has 1 heterocycles. The lowest BCUT2D eigenvalue weighted by molar-refractivity contribution is 0.759. The zero-order valence-electron chi connectivity index (χ0n) is 15.0. The summed E-state index contributed by atoms with van der Waals surface area (Å²) in [5, 5.41) is 12.4. The average Bonchev–Trinajstić information content (AvgIpc) is 3.12. The normalized spacial score (nSPS) is 11.1. The molecule has 28 heavy (non-hydrogen) atoms. The lowest BCUT2D eigenvalue weighted by atomic mass is 10.0. The molecule has 4 nitrogen and oxygen atoms in total. The first-order chi connectivity index (χ1) is 13.8. The molecule has 0 saturated carbocycles. The molecule has 0 aliphatic rings. The zero-order valence-corrected chi connectivity index (χ0v) is 16.7. The van der Waals surface area contributed by atoms with E-state index in [1.807, 2.05) is 48.5 Å². The Balaban J connectivity index is 1.49. The van der Waals surface area contributed by atoms with Crippen molar-refractivity contribution in [1.29, 1.82) is 0 Å². The molecule has 0 fully saturated rings. The fraction of sp³-hybridized carbons (Fsp3) is 0.0455. The molecule has 0 saturated heterocycles. The third kappa shape index (κ3) is 4.47. The van der Waals surface area contributed by atoms with Gasteiger partial charge in [0.05, 0.1) is 6.21 Å². The summed E-state index contributed by atoms with van der Waals surface area (Å²) in [6.45, 7) is 0. The molecule has 1 N–H and O–H groups in total. The van der Waals surface area contributed by atoms with Gasteiger partial charge < -0.3 is 0 Å². The first-order valence-corrected chi connectivity index (χ1v) is 10.2. The van der Waals surface area contributed by atoms with Gasteiger partial charge in [-0.3, -0.25) is 0 Å². The van der Waals surface area contributed by atoms with Crippen LogP contribution in [0, 0.1) is 4.77 Å². The van der Waals surface area contributed by atoms with E-state index in [-0.39, 0.29) is 0 Å². The van der Waals surface area contributed by atoms with Gasteiger partial charge in [-0.2, -0.15) is 9.78 Å². The highest BCUT2D eigenvalue weighted by atomic mass is 32.2. The SMILES string of the molecule is S=c1[nH]nc(SCc2ccccc2)n1/N=C\c1ccc(-c2ccccc2)cc1. The van der Waals surface area contributed by atoms with E-state index in [9.17, 15) is 0 Å². The Morgan fingerprint density at radius 3 is 2.25 bits per heavy atom. The molecule has 4 aromatic rings. The van der Waals surface area contributed by atoms with Crippen LogP contribution in [0.25, 0.3) is 11.1 Å². The van der Waals surface area contributed by atoms with E-state index in [0.29, 0.717) is 4.77 Å². The van der Waals surface area contributed by atoms with E-state index in [0.717, 1.165) is 16.5 Å². The van der Waals surface area contributed by atoms with E-state index in [2.05, 4.69) is 51.7 Å². The molecule has 0 unspecified atom stereocenters. The van der Waals surface area contributed by atoms with Gasteiger partial charge in [0.15, 0.2) is 0 Å². The minimum absolute atomic E-state index is 0.479. The molecule has 138 valence electrons. The van der Waals surface area contributed by atoms with Gasteiger partial charge in [0, 0.05) is 5.75 Å². The maximum Gasteiger partial charge on any atom is 0.217 e. The van der Waals surface area contributed by atoms with Gasteiger partial charge in [-0.05, 0) is 34.5 Å². The van der Waals surface area contributed by atoms with Crippen molar-refractivity contribution >= 4 is 30.2 Å². The molecule has 0 aliphatic heterocycles. The van der Waals surface area contributed by atoms with Crippen molar-refractivity contribution in [2.75, 3.05) is 0 Å². The number of hydrogen-bond acceptors (Lipinski definition) is 4. The summed E-state index contributed by atoms with van der Waals surface area (Å²) < 4.78 is 2.14. The fourth-order valence-electron chi connectivity index (χ4n) is 2.71. The third-order valence-electron chi connectivity index (χ3n) is 4.17. The van der Waals surface area contributed by atoms with Crippen molar-refractivity contribution < 1.29 is 0 Å². The summed E-state index contributed by atoms with van der Waals surface area (Å²) in [4.78, 5) is 0. The first-order valence-electron chi connectivity index (χ1n) is 8.83. The topological polar surface area (TPSA) is 46.0 Å². The van der Waals surface area contributed by atoms with Gasteiger partial charge >= 0.3 is 0 Å². The lowest BCUT2D eigenvalue weighted by Gasteiger charge is -2.03. The summed E-state index contributed by atoms with van der Waals surface area (Å²) in [5.41, 5.74) is 4.61. The molecule has 4 rings (SSSR count). The van der Waals surface area contributed by atoms with Crippen molar-refractivity contribution in [3.05, 3.63) is 101 Å². The highest BCUT2D eigenvalue weighted by Gasteiger charge is 2.06. The lowest BCUT2D eigenvalue weighted by Crippen LogP contribution is -1.94. The number of benzene rings is 3. The second kappa shape index (κ2) is 8.82. The van der Waals surface area contributed by atoms with Crippen LogP contribution < -0.4 is 0 Å². The van der Waals surface area contributed by atoms with E-state index < -0.39 is 0 Å². The number of nitrogens with zero attached hydrogens (tertiary/aromatic N) is 3. The Morgan fingerprint density at radius 2 is 1.54 bits per heavy atom. The number of hydrogen-bond donors (Lipinski definition) is 1. The first kappa shape index (κ1) is 18.4. The van der Waals surface area contributed by atoms with Crippen molar-refractivity contribution in [3.63, 3.8) is 0 Å². The number of nitrogens with one attached hydrogen (secondary N) is 1. The van der Waals surface area contributed by atoms with Gasteiger partial charge in [-0.25, -0.2) is 5.10 Å². The van der Waals surface area contributed by atoms with Crippen LogP contribution in [-0.2, 0) is 5.75 Å². The molecule has 0 atom stereocenters. The summed E-state index contributed by atoms with van der Waals surface area (Å²) in [7, 11) is 0. The second-order valence-electron chi connectivity index (χ2n) is 6.13. The zero-order chi connectivity index (χ0) is 19.2. The number of aromatic amines is 1. The van der Waals surface area contributed by atoms with Crippen molar-refractivity contribution in [2.24, 2.45) is 5.10 Å². The van der Waals surface area contributed by atoms with Gasteiger partial charge in [-0.15, -0.1) is 5.10 Å². The summed E-state index contributed by atoms with van der Waals surface area (Å²) in [6.07, 6.45) is 1.80. The standard InChI is InChI=1S/C22H18N4S2/c27-21-24-25-22(28-16-18-7-3-1-4-8-18)26(21)23-15-17-11-13-20(14-12-17)19-9-5-2-6-10-19/h1-15H,16H2,(H,24,27)/b23-15-. The van der Waals surface area contributed by atoms with Gasteiger partial charge in [0.25, 0.3) is 0 Å². The quantitative estimate of drug-likeness (QED) is 0.252. The Labute approximate surface area is 173 Å². The molecule has 0 aliphatic carbocycles. The summed E-state index contributed by atoms with van der Waals surface area (Å²) >= 11 is 6.92. The Bertz CT molecular complexity index is 1110. The van der Waals surface area contributed by atoms with Crippen LogP contribution in [0.15, 0.2) is 95.2 Å². The number of aromatic nitrogens is 3. The minimum Gasteiger partial charge on any atom is -0.249 e. The Kier molecular flexibility index (Phi) is 5.80. The maximum absolute atomic E-state index is 5.32.